The molecule has 0 fully saturated rings. The maximum absolute atomic E-state index is 5.48. The van der Waals surface area contributed by atoms with Crippen LogP contribution in [0.25, 0.3) is 10.8 Å². The molecular formula is C27H29NO. The first-order valence-corrected chi connectivity index (χ1v) is 10.2. The Labute approximate surface area is 174 Å². The van der Waals surface area contributed by atoms with E-state index in [1.807, 2.05) is 19.9 Å². The first-order valence-electron chi connectivity index (χ1n) is 10.2. The van der Waals surface area contributed by atoms with Crippen molar-refractivity contribution in [3.63, 3.8) is 0 Å². The molecule has 0 aliphatic rings. The molecule has 29 heavy (non-hydrogen) atoms. The van der Waals surface area contributed by atoms with E-state index in [1.54, 1.807) is 7.11 Å². The molecule has 0 saturated heterocycles. The van der Waals surface area contributed by atoms with Crippen LogP contribution in [0.5, 0.6) is 5.75 Å². The summed E-state index contributed by atoms with van der Waals surface area (Å²) in [5.74, 6) is 0.884. The smallest absolute Gasteiger partial charge is 0.119 e. The van der Waals surface area contributed by atoms with Gasteiger partial charge in [0.1, 0.15) is 5.75 Å². The molecule has 0 radical (unpaired) electrons. The Kier molecular flexibility index (Phi) is 7.29. The van der Waals surface area contributed by atoms with Crippen LogP contribution in [0.1, 0.15) is 25.0 Å². The number of ether oxygens (including phenoxy) is 1. The number of hydrogen-bond donors (Lipinski definition) is 0. The highest BCUT2D eigenvalue weighted by Gasteiger charge is 2.12. The lowest BCUT2D eigenvalue weighted by Crippen LogP contribution is -2.22. The molecule has 0 heterocycles. The third-order valence-electron chi connectivity index (χ3n) is 4.84. The first-order chi connectivity index (χ1) is 14.3. The van der Waals surface area contributed by atoms with Crippen LogP contribution in [0.2, 0.25) is 0 Å². The fraction of sp³-hybridized carbons (Fsp3) is 0.185. The summed E-state index contributed by atoms with van der Waals surface area (Å²) < 4.78 is 5.48. The van der Waals surface area contributed by atoms with Crippen LogP contribution in [0.3, 0.4) is 0 Å². The van der Waals surface area contributed by atoms with Gasteiger partial charge in [-0.1, -0.05) is 92.7 Å². The first kappa shape index (κ1) is 20.5. The second kappa shape index (κ2) is 10.3. The fourth-order valence-electron chi connectivity index (χ4n) is 3.47. The number of rotatable bonds is 6. The van der Waals surface area contributed by atoms with Gasteiger partial charge in [0.2, 0.25) is 0 Å². The van der Waals surface area contributed by atoms with Crippen LogP contribution in [0.4, 0.5) is 5.69 Å². The summed E-state index contributed by atoms with van der Waals surface area (Å²) in [5, 5.41) is 2.43. The summed E-state index contributed by atoms with van der Waals surface area (Å²) in [6, 6.07) is 34.0. The molecule has 0 spiro atoms. The lowest BCUT2D eigenvalue weighted by atomic mass is 10.1. The van der Waals surface area contributed by atoms with Crippen molar-refractivity contribution in [1.29, 1.82) is 0 Å². The Morgan fingerprint density at radius 3 is 1.79 bits per heavy atom. The van der Waals surface area contributed by atoms with Gasteiger partial charge in [-0.25, -0.2) is 0 Å². The summed E-state index contributed by atoms with van der Waals surface area (Å²) in [7, 11) is 1.72. The quantitative estimate of drug-likeness (QED) is 0.353. The van der Waals surface area contributed by atoms with Crippen molar-refractivity contribution in [2.45, 2.75) is 26.9 Å². The summed E-state index contributed by atoms with van der Waals surface area (Å²) in [5.41, 5.74) is 3.82. The molecule has 0 N–H and O–H groups in total. The van der Waals surface area contributed by atoms with Crippen molar-refractivity contribution in [3.8, 4) is 5.75 Å². The molecule has 2 heteroatoms. The average molecular weight is 384 g/mol. The Hall–Kier alpha value is -3.26. The van der Waals surface area contributed by atoms with Crippen LogP contribution < -0.4 is 9.64 Å². The number of hydrogen-bond acceptors (Lipinski definition) is 2. The zero-order valence-electron chi connectivity index (χ0n) is 17.5. The molecule has 4 aromatic carbocycles. The van der Waals surface area contributed by atoms with Crippen LogP contribution in [0, 0.1) is 0 Å². The van der Waals surface area contributed by atoms with E-state index in [9.17, 15) is 0 Å². The van der Waals surface area contributed by atoms with Crippen LogP contribution in [-0.4, -0.2) is 7.11 Å². The Balaban J connectivity index is 0.00000117. The molecule has 0 atom stereocenters. The monoisotopic (exact) mass is 383 g/mol. The van der Waals surface area contributed by atoms with Gasteiger partial charge in [-0.15, -0.1) is 0 Å². The molecule has 4 aromatic rings. The van der Waals surface area contributed by atoms with Crippen molar-refractivity contribution in [3.05, 3.63) is 108 Å². The predicted octanol–water partition coefficient (Wildman–Crippen LogP) is 7.08. The van der Waals surface area contributed by atoms with Gasteiger partial charge in [-0.05, 0) is 34.7 Å². The Morgan fingerprint density at radius 1 is 0.655 bits per heavy atom. The number of benzene rings is 4. The van der Waals surface area contributed by atoms with Crippen molar-refractivity contribution in [2.24, 2.45) is 0 Å². The minimum atomic E-state index is 0.853. The minimum Gasteiger partial charge on any atom is -0.497 e. The number of nitrogens with zero attached hydrogens (tertiary/aromatic N) is 1. The predicted molar refractivity (Wildman–Crippen MR) is 125 cm³/mol. The molecule has 148 valence electrons. The van der Waals surface area contributed by atoms with Crippen LogP contribution in [-0.2, 0) is 13.1 Å². The molecule has 0 bridgehead atoms. The zero-order valence-corrected chi connectivity index (χ0v) is 17.5. The molecular weight excluding hydrogens is 354 g/mol. The number of methoxy groups -OCH3 is 1. The van der Waals surface area contributed by atoms with E-state index in [0.29, 0.717) is 0 Å². The van der Waals surface area contributed by atoms with Crippen molar-refractivity contribution >= 4 is 16.5 Å². The van der Waals surface area contributed by atoms with Gasteiger partial charge < -0.3 is 9.64 Å². The topological polar surface area (TPSA) is 12.5 Å². The number of anilines is 1. The van der Waals surface area contributed by atoms with E-state index in [4.69, 9.17) is 4.74 Å². The standard InChI is InChI=1S/C25H23NO.C2H6/c1-27-23-16-15-22-13-8-14-25(24(22)17-23)26(18-20-9-4-2-5-10-20)19-21-11-6-3-7-12-21;1-2/h2-17H,18-19H2,1H3;1-2H3. The third kappa shape index (κ3) is 5.17. The zero-order chi connectivity index (χ0) is 20.5. The van der Waals surface area contributed by atoms with Crippen LogP contribution in [0.15, 0.2) is 97.1 Å². The molecule has 0 unspecified atom stereocenters. The van der Waals surface area contributed by atoms with Gasteiger partial charge in [0, 0.05) is 24.2 Å². The lowest BCUT2D eigenvalue weighted by Gasteiger charge is -2.27. The average Bonchev–Trinajstić information content (AvgIpc) is 2.80. The van der Waals surface area contributed by atoms with Gasteiger partial charge in [0.25, 0.3) is 0 Å². The lowest BCUT2D eigenvalue weighted by molar-refractivity contribution is 0.415. The van der Waals surface area contributed by atoms with E-state index in [-0.39, 0.29) is 0 Å². The second-order valence-electron chi connectivity index (χ2n) is 6.69. The largest absolute Gasteiger partial charge is 0.497 e. The van der Waals surface area contributed by atoms with Crippen molar-refractivity contribution in [2.75, 3.05) is 12.0 Å². The molecule has 0 aliphatic heterocycles. The second-order valence-corrected chi connectivity index (χ2v) is 6.69. The summed E-state index contributed by atoms with van der Waals surface area (Å²) in [6.45, 7) is 5.71. The van der Waals surface area contributed by atoms with Gasteiger partial charge in [-0.2, -0.15) is 0 Å². The molecule has 0 aromatic heterocycles. The van der Waals surface area contributed by atoms with E-state index in [1.165, 1.54) is 27.6 Å². The van der Waals surface area contributed by atoms with Gasteiger partial charge >= 0.3 is 0 Å². The van der Waals surface area contributed by atoms with Crippen molar-refractivity contribution < 1.29 is 4.74 Å². The Morgan fingerprint density at radius 2 is 1.24 bits per heavy atom. The van der Waals surface area contributed by atoms with Gasteiger partial charge in [0.15, 0.2) is 0 Å². The summed E-state index contributed by atoms with van der Waals surface area (Å²) in [6.07, 6.45) is 0. The normalized spacial score (nSPS) is 10.2. The minimum absolute atomic E-state index is 0.853. The van der Waals surface area contributed by atoms with Gasteiger partial charge in [0.05, 0.1) is 7.11 Å². The SMILES string of the molecule is CC.COc1ccc2cccc(N(Cc3ccccc3)Cc3ccccc3)c2c1. The highest BCUT2D eigenvalue weighted by atomic mass is 16.5. The fourth-order valence-corrected chi connectivity index (χ4v) is 3.47. The highest BCUT2D eigenvalue weighted by Crippen LogP contribution is 2.32. The van der Waals surface area contributed by atoms with Gasteiger partial charge in [-0.3, -0.25) is 0 Å². The summed E-state index contributed by atoms with van der Waals surface area (Å²) >= 11 is 0. The third-order valence-corrected chi connectivity index (χ3v) is 4.84. The van der Waals surface area contributed by atoms with Crippen LogP contribution >= 0.6 is 0 Å². The van der Waals surface area contributed by atoms with E-state index >= 15 is 0 Å². The maximum Gasteiger partial charge on any atom is 0.119 e. The highest BCUT2D eigenvalue weighted by molar-refractivity contribution is 5.95. The van der Waals surface area contributed by atoms with E-state index in [2.05, 4.69) is 95.9 Å². The maximum atomic E-state index is 5.48. The summed E-state index contributed by atoms with van der Waals surface area (Å²) in [4.78, 5) is 2.44. The molecule has 0 saturated carbocycles. The molecule has 0 aliphatic carbocycles. The molecule has 4 rings (SSSR count). The van der Waals surface area contributed by atoms with E-state index in [0.717, 1.165) is 18.8 Å². The molecule has 0 amide bonds. The Bertz CT molecular complexity index is 971. The van der Waals surface area contributed by atoms with E-state index < -0.39 is 0 Å². The molecule has 2 nitrogen and oxygen atoms in total. The number of fused-ring (bicyclic) bond motifs is 1. The van der Waals surface area contributed by atoms with Crippen molar-refractivity contribution in [1.82, 2.24) is 0 Å².